The summed E-state index contributed by atoms with van der Waals surface area (Å²) in [6.45, 7) is 0.532. The van der Waals surface area contributed by atoms with Gasteiger partial charge in [0.1, 0.15) is 10.8 Å². The SMILES string of the molecule is Nc1cnn(Cc2nc(-c3ccc(Br)cc3)cs2)c1N. The van der Waals surface area contributed by atoms with E-state index in [1.165, 1.54) is 0 Å². The van der Waals surface area contributed by atoms with Gasteiger partial charge in [0, 0.05) is 15.4 Å². The quantitative estimate of drug-likeness (QED) is 0.761. The van der Waals surface area contributed by atoms with Crippen LogP contribution in [0.4, 0.5) is 11.5 Å². The minimum absolute atomic E-state index is 0.477. The van der Waals surface area contributed by atoms with Crippen LogP contribution in [0.3, 0.4) is 0 Å². The molecule has 0 aliphatic rings. The molecule has 0 aliphatic carbocycles. The van der Waals surface area contributed by atoms with Crippen molar-refractivity contribution in [1.82, 2.24) is 14.8 Å². The molecular weight excluding hydrogens is 338 g/mol. The van der Waals surface area contributed by atoms with E-state index < -0.39 is 0 Å². The Labute approximate surface area is 128 Å². The van der Waals surface area contributed by atoms with E-state index in [1.54, 1.807) is 22.2 Å². The fourth-order valence-electron chi connectivity index (χ4n) is 1.80. The number of nitrogens with two attached hydrogens (primary N) is 2. The van der Waals surface area contributed by atoms with E-state index in [0.717, 1.165) is 20.7 Å². The number of rotatable bonds is 3. The Morgan fingerprint density at radius 1 is 1.20 bits per heavy atom. The van der Waals surface area contributed by atoms with Crippen molar-refractivity contribution in [3.05, 3.63) is 45.3 Å². The van der Waals surface area contributed by atoms with Crippen molar-refractivity contribution in [1.29, 1.82) is 0 Å². The van der Waals surface area contributed by atoms with Gasteiger partial charge in [0.2, 0.25) is 0 Å². The fourth-order valence-corrected chi connectivity index (χ4v) is 2.85. The van der Waals surface area contributed by atoms with Crippen LogP contribution in [-0.2, 0) is 6.54 Å². The molecule has 102 valence electrons. The van der Waals surface area contributed by atoms with Crippen LogP contribution in [0.1, 0.15) is 5.01 Å². The highest BCUT2D eigenvalue weighted by molar-refractivity contribution is 9.10. The molecule has 20 heavy (non-hydrogen) atoms. The Hall–Kier alpha value is -1.86. The van der Waals surface area contributed by atoms with Gasteiger partial charge in [0.05, 0.1) is 24.1 Å². The maximum Gasteiger partial charge on any atom is 0.145 e. The first-order valence-electron chi connectivity index (χ1n) is 5.90. The van der Waals surface area contributed by atoms with Crippen molar-refractivity contribution in [3.8, 4) is 11.3 Å². The second kappa shape index (κ2) is 5.26. The van der Waals surface area contributed by atoms with Gasteiger partial charge in [-0.2, -0.15) is 5.10 Å². The number of hydrogen-bond acceptors (Lipinski definition) is 5. The molecular formula is C13H12BrN5S. The van der Waals surface area contributed by atoms with Crippen LogP contribution >= 0.6 is 27.3 Å². The minimum Gasteiger partial charge on any atom is -0.394 e. The van der Waals surface area contributed by atoms with Gasteiger partial charge in [0.25, 0.3) is 0 Å². The second-order valence-corrected chi connectivity index (χ2v) is 6.13. The van der Waals surface area contributed by atoms with Crippen LogP contribution in [0.15, 0.2) is 40.3 Å². The van der Waals surface area contributed by atoms with Crippen LogP contribution in [0.25, 0.3) is 11.3 Å². The van der Waals surface area contributed by atoms with Crippen LogP contribution in [0.5, 0.6) is 0 Å². The summed E-state index contributed by atoms with van der Waals surface area (Å²) in [7, 11) is 0. The number of nitrogen functional groups attached to an aromatic ring is 2. The molecule has 0 aliphatic heterocycles. The molecule has 2 aromatic heterocycles. The number of nitrogens with zero attached hydrogens (tertiary/aromatic N) is 3. The van der Waals surface area contributed by atoms with Gasteiger partial charge in [-0.05, 0) is 12.1 Å². The number of anilines is 2. The van der Waals surface area contributed by atoms with Crippen LogP contribution in [-0.4, -0.2) is 14.8 Å². The lowest BCUT2D eigenvalue weighted by molar-refractivity contribution is 0.694. The van der Waals surface area contributed by atoms with Gasteiger partial charge in [-0.1, -0.05) is 28.1 Å². The molecule has 0 fully saturated rings. The van der Waals surface area contributed by atoms with Crippen molar-refractivity contribution in [3.63, 3.8) is 0 Å². The van der Waals surface area contributed by atoms with Crippen molar-refractivity contribution < 1.29 is 0 Å². The molecule has 0 radical (unpaired) electrons. The minimum atomic E-state index is 0.477. The summed E-state index contributed by atoms with van der Waals surface area (Å²) in [5, 5.41) is 7.10. The summed E-state index contributed by atoms with van der Waals surface area (Å²) < 4.78 is 2.70. The molecule has 3 aromatic rings. The molecule has 7 heteroatoms. The Balaban J connectivity index is 1.83. The zero-order chi connectivity index (χ0) is 14.1. The lowest BCUT2D eigenvalue weighted by Crippen LogP contribution is -2.06. The average molecular weight is 350 g/mol. The third kappa shape index (κ3) is 2.54. The van der Waals surface area contributed by atoms with E-state index >= 15 is 0 Å². The highest BCUT2D eigenvalue weighted by Gasteiger charge is 2.09. The number of thiazole rings is 1. The summed E-state index contributed by atoms with van der Waals surface area (Å²) >= 11 is 5.00. The van der Waals surface area contributed by atoms with E-state index in [-0.39, 0.29) is 0 Å². The number of halogens is 1. The lowest BCUT2D eigenvalue weighted by atomic mass is 10.2. The number of aromatic nitrogens is 3. The standard InChI is InChI=1S/C13H12BrN5S/c14-9-3-1-8(2-4-9)11-7-20-12(18-11)6-19-13(16)10(15)5-17-19/h1-5,7H,6,15-16H2. The highest BCUT2D eigenvalue weighted by Crippen LogP contribution is 2.24. The van der Waals surface area contributed by atoms with Gasteiger partial charge in [0.15, 0.2) is 0 Å². The van der Waals surface area contributed by atoms with Crippen molar-refractivity contribution in [2.45, 2.75) is 6.54 Å². The molecule has 5 nitrogen and oxygen atoms in total. The fraction of sp³-hybridized carbons (Fsp3) is 0.0769. The lowest BCUT2D eigenvalue weighted by Gasteiger charge is -2.01. The Bertz CT molecular complexity index is 732. The zero-order valence-electron chi connectivity index (χ0n) is 10.5. The number of benzene rings is 1. The summed E-state index contributed by atoms with van der Waals surface area (Å²) in [4.78, 5) is 4.60. The Morgan fingerprint density at radius 3 is 2.60 bits per heavy atom. The van der Waals surface area contributed by atoms with Crippen molar-refractivity contribution >= 4 is 38.8 Å². The third-order valence-corrected chi connectivity index (χ3v) is 4.25. The highest BCUT2D eigenvalue weighted by atomic mass is 79.9. The van der Waals surface area contributed by atoms with Crippen LogP contribution < -0.4 is 11.5 Å². The Morgan fingerprint density at radius 2 is 1.95 bits per heavy atom. The maximum atomic E-state index is 5.83. The van der Waals surface area contributed by atoms with E-state index in [2.05, 4.69) is 26.0 Å². The molecule has 4 N–H and O–H groups in total. The molecule has 0 saturated carbocycles. The summed E-state index contributed by atoms with van der Waals surface area (Å²) in [6, 6.07) is 8.06. The van der Waals surface area contributed by atoms with Gasteiger partial charge in [-0.25, -0.2) is 9.67 Å². The monoisotopic (exact) mass is 349 g/mol. The van der Waals surface area contributed by atoms with Crippen LogP contribution in [0.2, 0.25) is 0 Å². The molecule has 3 rings (SSSR count). The average Bonchev–Trinajstić information content (AvgIpc) is 3.02. The molecule has 0 bridgehead atoms. The molecule has 0 saturated heterocycles. The van der Waals surface area contributed by atoms with Crippen molar-refractivity contribution in [2.24, 2.45) is 0 Å². The predicted molar refractivity (Wildman–Crippen MR) is 85.4 cm³/mol. The molecule has 0 spiro atoms. The van der Waals surface area contributed by atoms with Crippen molar-refractivity contribution in [2.75, 3.05) is 11.5 Å². The first kappa shape index (κ1) is 13.1. The predicted octanol–water partition coefficient (Wildman–Crippen LogP) is 2.98. The van der Waals surface area contributed by atoms with E-state index in [0.29, 0.717) is 18.1 Å². The zero-order valence-corrected chi connectivity index (χ0v) is 12.9. The van der Waals surface area contributed by atoms with Gasteiger partial charge < -0.3 is 11.5 Å². The second-order valence-electron chi connectivity index (χ2n) is 4.28. The summed E-state index contributed by atoms with van der Waals surface area (Å²) in [5.74, 6) is 0.477. The maximum absolute atomic E-state index is 5.83. The smallest absolute Gasteiger partial charge is 0.145 e. The first-order chi connectivity index (χ1) is 9.63. The van der Waals surface area contributed by atoms with Gasteiger partial charge >= 0.3 is 0 Å². The molecule has 0 atom stereocenters. The molecule has 0 amide bonds. The molecule has 2 heterocycles. The molecule has 1 aromatic carbocycles. The summed E-state index contributed by atoms with van der Waals surface area (Å²) in [5.41, 5.74) is 14.0. The van der Waals surface area contributed by atoms with Gasteiger partial charge in [-0.15, -0.1) is 11.3 Å². The first-order valence-corrected chi connectivity index (χ1v) is 7.58. The van der Waals surface area contributed by atoms with E-state index in [1.807, 2.05) is 29.6 Å². The third-order valence-electron chi connectivity index (χ3n) is 2.89. The molecule has 0 unspecified atom stereocenters. The normalized spacial score (nSPS) is 10.8. The van der Waals surface area contributed by atoms with E-state index in [4.69, 9.17) is 11.5 Å². The van der Waals surface area contributed by atoms with Gasteiger partial charge in [-0.3, -0.25) is 0 Å². The number of hydrogen-bond donors (Lipinski definition) is 2. The largest absolute Gasteiger partial charge is 0.394 e. The summed E-state index contributed by atoms with van der Waals surface area (Å²) in [6.07, 6.45) is 1.55. The van der Waals surface area contributed by atoms with Crippen LogP contribution in [0, 0.1) is 0 Å². The Kier molecular flexibility index (Phi) is 3.45. The van der Waals surface area contributed by atoms with E-state index in [9.17, 15) is 0 Å². The topological polar surface area (TPSA) is 82.8 Å².